The number of carbonyl (C=O) groups is 2. The molecular weight excluding hydrogens is 256 g/mol. The van der Waals surface area contributed by atoms with Crippen LogP contribution in [-0.4, -0.2) is 25.2 Å². The van der Waals surface area contributed by atoms with Crippen molar-refractivity contribution in [2.24, 2.45) is 5.92 Å². The zero-order valence-electron chi connectivity index (χ0n) is 12.7. The molecule has 0 aromatic rings. The largest absolute Gasteiger partial charge is 0.463 e. The minimum atomic E-state index is -0.459. The summed E-state index contributed by atoms with van der Waals surface area (Å²) < 4.78 is 9.88. The van der Waals surface area contributed by atoms with E-state index in [1.54, 1.807) is 13.8 Å². The van der Waals surface area contributed by atoms with Gasteiger partial charge in [0, 0.05) is 11.6 Å². The fourth-order valence-corrected chi connectivity index (χ4v) is 2.62. The van der Waals surface area contributed by atoms with Crippen molar-refractivity contribution in [1.29, 1.82) is 0 Å². The number of carbonyl (C=O) groups excluding carboxylic acids is 2. The molecule has 0 aromatic carbocycles. The average Bonchev–Trinajstić information content (AvgIpc) is 2.45. The third kappa shape index (κ3) is 6.22. The third-order valence-corrected chi connectivity index (χ3v) is 3.66. The Kier molecular flexibility index (Phi) is 8.00. The summed E-state index contributed by atoms with van der Waals surface area (Å²) in [5.41, 5.74) is 0.441. The van der Waals surface area contributed by atoms with Crippen LogP contribution in [0.5, 0.6) is 0 Å². The molecule has 0 unspecified atom stereocenters. The van der Waals surface area contributed by atoms with Crippen LogP contribution in [0, 0.1) is 5.92 Å². The summed E-state index contributed by atoms with van der Waals surface area (Å²) >= 11 is 0. The van der Waals surface area contributed by atoms with Crippen LogP contribution in [0.4, 0.5) is 0 Å². The summed E-state index contributed by atoms with van der Waals surface area (Å²) in [5.74, 6) is -0.181. The molecule has 0 radical (unpaired) electrons. The number of ether oxygens (including phenoxy) is 2. The van der Waals surface area contributed by atoms with Crippen molar-refractivity contribution < 1.29 is 19.1 Å². The molecule has 0 aliphatic heterocycles. The first-order chi connectivity index (χ1) is 9.67. The Morgan fingerprint density at radius 1 is 1.05 bits per heavy atom. The van der Waals surface area contributed by atoms with Crippen LogP contribution in [0.1, 0.15) is 58.8 Å². The number of rotatable bonds is 7. The molecular formula is C16H26O4. The summed E-state index contributed by atoms with van der Waals surface area (Å²) in [6.07, 6.45) is 9.18. The first-order valence-electron chi connectivity index (χ1n) is 7.71. The van der Waals surface area contributed by atoms with Crippen molar-refractivity contribution in [2.45, 2.75) is 58.8 Å². The van der Waals surface area contributed by atoms with Crippen LogP contribution in [0.2, 0.25) is 0 Å². The van der Waals surface area contributed by atoms with Crippen molar-refractivity contribution in [3.8, 4) is 0 Å². The van der Waals surface area contributed by atoms with Crippen molar-refractivity contribution in [3.63, 3.8) is 0 Å². The fraction of sp³-hybridized carbons (Fsp3) is 0.750. The fourth-order valence-electron chi connectivity index (χ4n) is 2.62. The van der Waals surface area contributed by atoms with Gasteiger partial charge >= 0.3 is 11.9 Å². The Balaban J connectivity index is 2.56. The highest BCUT2D eigenvalue weighted by Gasteiger charge is 2.18. The van der Waals surface area contributed by atoms with Crippen LogP contribution in [0.3, 0.4) is 0 Å². The second-order valence-corrected chi connectivity index (χ2v) is 5.18. The van der Waals surface area contributed by atoms with Crippen molar-refractivity contribution in [3.05, 3.63) is 11.6 Å². The first-order valence-corrected chi connectivity index (χ1v) is 7.71. The zero-order chi connectivity index (χ0) is 14.8. The van der Waals surface area contributed by atoms with Gasteiger partial charge in [0.25, 0.3) is 0 Å². The average molecular weight is 282 g/mol. The quantitative estimate of drug-likeness (QED) is 0.530. The lowest BCUT2D eigenvalue weighted by atomic mass is 9.85. The van der Waals surface area contributed by atoms with E-state index >= 15 is 0 Å². The van der Waals surface area contributed by atoms with Gasteiger partial charge in [0.05, 0.1) is 13.2 Å². The number of hydrogen-bond acceptors (Lipinski definition) is 4. The molecule has 1 saturated carbocycles. The predicted molar refractivity (Wildman–Crippen MR) is 77.2 cm³/mol. The molecule has 1 aliphatic carbocycles. The second-order valence-electron chi connectivity index (χ2n) is 5.18. The zero-order valence-corrected chi connectivity index (χ0v) is 12.7. The molecule has 1 aliphatic rings. The molecule has 4 heteroatoms. The van der Waals surface area contributed by atoms with Crippen LogP contribution in [-0.2, 0) is 19.1 Å². The van der Waals surface area contributed by atoms with E-state index < -0.39 is 11.9 Å². The van der Waals surface area contributed by atoms with Crippen LogP contribution >= 0.6 is 0 Å². The summed E-state index contributed by atoms with van der Waals surface area (Å²) in [6.45, 7) is 4.15. The van der Waals surface area contributed by atoms with Gasteiger partial charge < -0.3 is 9.47 Å². The van der Waals surface area contributed by atoms with E-state index in [2.05, 4.69) is 0 Å². The molecule has 1 rings (SSSR count). The Morgan fingerprint density at radius 2 is 1.70 bits per heavy atom. The highest BCUT2D eigenvalue weighted by Crippen LogP contribution is 2.28. The summed E-state index contributed by atoms with van der Waals surface area (Å²) in [6, 6.07) is 0. The standard InChI is InChI=1S/C16H26O4/c1-3-19-15(17)12-14(16(18)20-4-2)11-10-13-8-6-5-7-9-13/h12-13H,3-11H2,1-2H3. The highest BCUT2D eigenvalue weighted by molar-refractivity contribution is 5.96. The lowest BCUT2D eigenvalue weighted by Gasteiger charge is -2.21. The molecule has 0 aromatic heterocycles. The van der Waals surface area contributed by atoms with Gasteiger partial charge in [0.1, 0.15) is 0 Å². The van der Waals surface area contributed by atoms with Crippen molar-refractivity contribution >= 4 is 11.9 Å². The molecule has 0 spiro atoms. The predicted octanol–water partition coefficient (Wildman–Crippen LogP) is 3.40. The van der Waals surface area contributed by atoms with E-state index in [1.807, 2.05) is 0 Å². The highest BCUT2D eigenvalue weighted by atomic mass is 16.5. The van der Waals surface area contributed by atoms with Crippen molar-refractivity contribution in [2.75, 3.05) is 13.2 Å². The molecule has 0 amide bonds. The third-order valence-electron chi connectivity index (χ3n) is 3.66. The Morgan fingerprint density at radius 3 is 2.30 bits per heavy atom. The van der Waals surface area contributed by atoms with Crippen LogP contribution < -0.4 is 0 Å². The van der Waals surface area contributed by atoms with E-state index in [0.29, 0.717) is 31.1 Å². The molecule has 0 saturated heterocycles. The number of hydrogen-bond donors (Lipinski definition) is 0. The van der Waals surface area contributed by atoms with Crippen LogP contribution in [0.25, 0.3) is 0 Å². The minimum Gasteiger partial charge on any atom is -0.463 e. The maximum atomic E-state index is 11.9. The monoisotopic (exact) mass is 282 g/mol. The Hall–Kier alpha value is -1.32. The van der Waals surface area contributed by atoms with Crippen LogP contribution in [0.15, 0.2) is 11.6 Å². The van der Waals surface area contributed by atoms with E-state index in [0.717, 1.165) is 6.42 Å². The van der Waals surface area contributed by atoms with Gasteiger partial charge in [0.15, 0.2) is 0 Å². The van der Waals surface area contributed by atoms with Gasteiger partial charge in [-0.15, -0.1) is 0 Å². The van der Waals surface area contributed by atoms with Gasteiger partial charge in [-0.2, -0.15) is 0 Å². The SMILES string of the molecule is CCOC(=O)C=C(CCC1CCCCC1)C(=O)OCC. The molecule has 1 fully saturated rings. The number of esters is 2. The molecule has 0 heterocycles. The van der Waals surface area contributed by atoms with Gasteiger partial charge in [-0.05, 0) is 32.6 Å². The summed E-state index contributed by atoms with van der Waals surface area (Å²) in [7, 11) is 0. The molecule has 0 atom stereocenters. The van der Waals surface area contributed by atoms with Crippen molar-refractivity contribution in [1.82, 2.24) is 0 Å². The Bertz CT molecular complexity index is 340. The second kappa shape index (κ2) is 9.56. The van der Waals surface area contributed by atoms with E-state index in [9.17, 15) is 9.59 Å². The maximum absolute atomic E-state index is 11.9. The van der Waals surface area contributed by atoms with E-state index in [4.69, 9.17) is 9.47 Å². The minimum absolute atomic E-state index is 0.314. The first kappa shape index (κ1) is 16.7. The Labute approximate surface area is 121 Å². The lowest BCUT2D eigenvalue weighted by Crippen LogP contribution is -2.13. The van der Waals surface area contributed by atoms with Gasteiger partial charge in [-0.25, -0.2) is 9.59 Å². The molecule has 114 valence electrons. The normalized spacial score (nSPS) is 16.8. The molecule has 0 N–H and O–H groups in total. The van der Waals surface area contributed by atoms with E-state index in [1.165, 1.54) is 38.2 Å². The maximum Gasteiger partial charge on any atom is 0.334 e. The molecule has 0 bridgehead atoms. The van der Waals surface area contributed by atoms with Gasteiger partial charge in [-0.3, -0.25) is 0 Å². The molecule has 20 heavy (non-hydrogen) atoms. The van der Waals surface area contributed by atoms with Gasteiger partial charge in [0.2, 0.25) is 0 Å². The topological polar surface area (TPSA) is 52.6 Å². The lowest BCUT2D eigenvalue weighted by molar-refractivity contribution is -0.141. The van der Waals surface area contributed by atoms with Gasteiger partial charge in [-0.1, -0.05) is 32.1 Å². The van der Waals surface area contributed by atoms with E-state index in [-0.39, 0.29) is 0 Å². The summed E-state index contributed by atoms with van der Waals surface area (Å²) in [5, 5.41) is 0. The molecule has 4 nitrogen and oxygen atoms in total. The smallest absolute Gasteiger partial charge is 0.334 e. The summed E-state index contributed by atoms with van der Waals surface area (Å²) in [4.78, 5) is 23.4.